The number of pyridine rings is 1. The summed E-state index contributed by atoms with van der Waals surface area (Å²) < 4.78 is 5.15. The number of aryl methyl sites for hydroxylation is 1. The normalized spacial score (nSPS) is 10.7. The second-order valence-corrected chi connectivity index (χ2v) is 5.83. The van der Waals surface area contributed by atoms with Gasteiger partial charge in [-0.15, -0.1) is 0 Å². The number of rotatable bonds is 8. The molecular weight excluding hydrogens is 326 g/mol. The first-order valence-electron chi connectivity index (χ1n) is 8.66. The highest BCUT2D eigenvalue weighted by molar-refractivity contribution is 5.81. The van der Waals surface area contributed by atoms with Crippen molar-refractivity contribution < 1.29 is 4.74 Å². The molecule has 0 aliphatic carbocycles. The number of hydrogen-bond acceptors (Lipinski definition) is 6. The van der Waals surface area contributed by atoms with Crippen molar-refractivity contribution in [3.05, 3.63) is 52.7 Å². The molecule has 0 aliphatic heterocycles. The Balaban J connectivity index is 2.14. The number of methoxy groups -OCH3 is 1. The number of nitrogens with zero attached hydrogens (tertiary/aromatic N) is 4. The van der Waals surface area contributed by atoms with Crippen molar-refractivity contribution in [2.24, 2.45) is 5.10 Å². The number of aromatic nitrogens is 1. The highest BCUT2D eigenvalue weighted by atomic mass is 16.5. The first-order valence-corrected chi connectivity index (χ1v) is 8.66. The maximum Gasteiger partial charge on any atom is 0.164 e. The molecule has 0 unspecified atom stereocenters. The molecule has 0 saturated heterocycles. The number of benzene rings is 1. The van der Waals surface area contributed by atoms with Gasteiger partial charge < -0.3 is 9.64 Å². The van der Waals surface area contributed by atoms with Crippen molar-refractivity contribution >= 4 is 17.7 Å². The number of hydrogen-bond donors (Lipinski definition) is 1. The lowest BCUT2D eigenvalue weighted by molar-refractivity contribution is 0.184. The fourth-order valence-corrected chi connectivity index (χ4v) is 2.74. The molecule has 2 aromatic rings. The summed E-state index contributed by atoms with van der Waals surface area (Å²) in [5, 5.41) is 13.7. The van der Waals surface area contributed by atoms with E-state index < -0.39 is 0 Å². The van der Waals surface area contributed by atoms with Crippen molar-refractivity contribution in [1.82, 2.24) is 4.98 Å². The molecule has 136 valence electrons. The quantitative estimate of drug-likeness (QED) is 0.580. The Morgan fingerprint density at radius 1 is 1.27 bits per heavy atom. The second kappa shape index (κ2) is 9.54. The van der Waals surface area contributed by atoms with Gasteiger partial charge in [0.25, 0.3) is 0 Å². The van der Waals surface area contributed by atoms with Crippen LogP contribution in [0.3, 0.4) is 0 Å². The van der Waals surface area contributed by atoms with E-state index in [1.54, 1.807) is 13.3 Å². The summed E-state index contributed by atoms with van der Waals surface area (Å²) >= 11 is 0. The number of anilines is 2. The standard InChI is InChI=1S/C20H25N5O/c1-5-25(6-2)18-9-7-16(8-10-18)13-22-24-20-19(12-21)17(14-26-4)11-15(3)23-20/h7-11,13H,5-6,14H2,1-4H3,(H,23,24)/b22-13-. The molecular formula is C20H25N5O. The molecule has 0 radical (unpaired) electrons. The van der Waals surface area contributed by atoms with Gasteiger partial charge >= 0.3 is 0 Å². The van der Waals surface area contributed by atoms with Crippen molar-refractivity contribution in [3.63, 3.8) is 0 Å². The van der Waals surface area contributed by atoms with E-state index >= 15 is 0 Å². The van der Waals surface area contributed by atoms with Crippen molar-refractivity contribution in [2.75, 3.05) is 30.5 Å². The van der Waals surface area contributed by atoms with Crippen LogP contribution in [0.1, 0.15) is 36.2 Å². The number of ether oxygens (including phenoxy) is 1. The van der Waals surface area contributed by atoms with Gasteiger partial charge in [0.1, 0.15) is 11.6 Å². The zero-order chi connectivity index (χ0) is 18.9. The third-order valence-corrected chi connectivity index (χ3v) is 4.05. The number of hydrazone groups is 1. The summed E-state index contributed by atoms with van der Waals surface area (Å²) in [5.74, 6) is 0.440. The van der Waals surface area contributed by atoms with Crippen LogP contribution >= 0.6 is 0 Å². The minimum Gasteiger partial charge on any atom is -0.380 e. The van der Waals surface area contributed by atoms with Gasteiger partial charge in [-0.05, 0) is 44.5 Å². The minimum atomic E-state index is 0.359. The van der Waals surface area contributed by atoms with E-state index in [1.165, 1.54) is 5.69 Å². The first kappa shape index (κ1) is 19.4. The summed E-state index contributed by atoms with van der Waals surface area (Å²) in [6, 6.07) is 12.2. The van der Waals surface area contributed by atoms with E-state index in [2.05, 4.69) is 52.5 Å². The van der Waals surface area contributed by atoms with Gasteiger partial charge in [0, 0.05) is 37.1 Å². The Kier molecular flexibility index (Phi) is 7.12. The Morgan fingerprint density at radius 2 is 1.96 bits per heavy atom. The van der Waals surface area contributed by atoms with Crippen LogP contribution < -0.4 is 10.3 Å². The highest BCUT2D eigenvalue weighted by Gasteiger charge is 2.10. The first-order chi connectivity index (χ1) is 12.6. The molecule has 1 heterocycles. The minimum absolute atomic E-state index is 0.359. The monoisotopic (exact) mass is 351 g/mol. The van der Waals surface area contributed by atoms with Crippen LogP contribution in [0.4, 0.5) is 11.5 Å². The van der Waals surface area contributed by atoms with Crippen LogP contribution in [-0.2, 0) is 11.3 Å². The van der Waals surface area contributed by atoms with Crippen LogP contribution in [-0.4, -0.2) is 31.4 Å². The third kappa shape index (κ3) is 4.80. The largest absolute Gasteiger partial charge is 0.380 e. The maximum absolute atomic E-state index is 9.42. The predicted octanol–water partition coefficient (Wildman–Crippen LogP) is 3.70. The lowest BCUT2D eigenvalue weighted by atomic mass is 10.1. The molecule has 0 atom stereocenters. The Labute approximate surface area is 155 Å². The predicted molar refractivity (Wildman–Crippen MR) is 106 cm³/mol. The van der Waals surface area contributed by atoms with Gasteiger partial charge in [-0.2, -0.15) is 10.4 Å². The molecule has 26 heavy (non-hydrogen) atoms. The van der Waals surface area contributed by atoms with Crippen LogP contribution in [0, 0.1) is 18.3 Å². The van der Waals surface area contributed by atoms with Crippen molar-refractivity contribution in [3.8, 4) is 6.07 Å². The lowest BCUT2D eigenvalue weighted by Crippen LogP contribution is -2.21. The van der Waals surface area contributed by atoms with Gasteiger partial charge in [-0.25, -0.2) is 4.98 Å². The van der Waals surface area contributed by atoms with E-state index in [0.29, 0.717) is 18.0 Å². The molecule has 0 spiro atoms. The van der Waals surface area contributed by atoms with Crippen molar-refractivity contribution in [2.45, 2.75) is 27.4 Å². The molecule has 6 nitrogen and oxygen atoms in total. The zero-order valence-corrected chi connectivity index (χ0v) is 15.8. The molecule has 0 saturated carbocycles. The molecule has 0 aliphatic rings. The number of nitriles is 1. The van der Waals surface area contributed by atoms with Gasteiger partial charge in [0.05, 0.1) is 12.8 Å². The molecule has 2 rings (SSSR count). The van der Waals surface area contributed by atoms with Gasteiger partial charge in [0.2, 0.25) is 0 Å². The highest BCUT2D eigenvalue weighted by Crippen LogP contribution is 2.19. The van der Waals surface area contributed by atoms with E-state index in [4.69, 9.17) is 4.74 Å². The van der Waals surface area contributed by atoms with E-state index in [1.807, 2.05) is 25.1 Å². The van der Waals surface area contributed by atoms with Crippen molar-refractivity contribution in [1.29, 1.82) is 5.26 Å². The fraction of sp³-hybridized carbons (Fsp3) is 0.350. The number of nitrogens with one attached hydrogen (secondary N) is 1. The molecule has 0 fully saturated rings. The Morgan fingerprint density at radius 3 is 2.54 bits per heavy atom. The van der Waals surface area contributed by atoms with E-state index in [-0.39, 0.29) is 0 Å². The molecule has 0 bridgehead atoms. The summed E-state index contributed by atoms with van der Waals surface area (Å²) in [6.45, 7) is 8.47. The fourth-order valence-electron chi connectivity index (χ4n) is 2.74. The van der Waals surface area contributed by atoms with Crippen LogP contribution in [0.2, 0.25) is 0 Å². The Hall–Kier alpha value is -2.91. The molecule has 0 amide bonds. The van der Waals surface area contributed by atoms with Crippen LogP contribution in [0.25, 0.3) is 0 Å². The van der Waals surface area contributed by atoms with Crippen LogP contribution in [0.15, 0.2) is 35.4 Å². The summed E-state index contributed by atoms with van der Waals surface area (Å²) in [6.07, 6.45) is 1.72. The average Bonchev–Trinajstić information content (AvgIpc) is 2.64. The summed E-state index contributed by atoms with van der Waals surface area (Å²) in [7, 11) is 1.60. The van der Waals surface area contributed by atoms with E-state index in [0.717, 1.165) is 29.9 Å². The topological polar surface area (TPSA) is 73.5 Å². The summed E-state index contributed by atoms with van der Waals surface area (Å²) in [4.78, 5) is 6.65. The van der Waals surface area contributed by atoms with E-state index in [9.17, 15) is 5.26 Å². The average molecular weight is 351 g/mol. The lowest BCUT2D eigenvalue weighted by Gasteiger charge is -2.20. The Bertz CT molecular complexity index is 789. The maximum atomic E-state index is 9.42. The van der Waals surface area contributed by atoms with Gasteiger partial charge in [-0.1, -0.05) is 12.1 Å². The molecule has 1 aromatic carbocycles. The molecule has 6 heteroatoms. The summed E-state index contributed by atoms with van der Waals surface area (Å²) in [5.41, 5.74) is 7.09. The van der Waals surface area contributed by atoms with Gasteiger partial charge in [-0.3, -0.25) is 5.43 Å². The third-order valence-electron chi connectivity index (χ3n) is 4.05. The van der Waals surface area contributed by atoms with Crippen LogP contribution in [0.5, 0.6) is 0 Å². The zero-order valence-electron chi connectivity index (χ0n) is 15.8. The smallest absolute Gasteiger partial charge is 0.164 e. The van der Waals surface area contributed by atoms with Gasteiger partial charge in [0.15, 0.2) is 5.82 Å². The molecule has 1 N–H and O–H groups in total. The molecule has 1 aromatic heterocycles. The SMILES string of the molecule is CCN(CC)c1ccc(/C=N\Nc2nc(C)cc(COC)c2C#N)cc1. The second-order valence-electron chi connectivity index (χ2n) is 5.83.